The van der Waals surface area contributed by atoms with Gasteiger partial charge in [-0.05, 0) is 25.8 Å². The van der Waals surface area contributed by atoms with E-state index in [1.165, 1.54) is 13.3 Å². The molecular weight excluding hydrogens is 273 g/mol. The van der Waals surface area contributed by atoms with Crippen LogP contribution in [0.1, 0.15) is 19.8 Å². The second-order valence-corrected chi connectivity index (χ2v) is 5.35. The number of hydrogen-bond donors (Lipinski definition) is 2. The lowest BCUT2D eigenvalue weighted by Crippen LogP contribution is -2.47. The lowest BCUT2D eigenvalue weighted by Gasteiger charge is -2.33. The first-order valence-corrected chi connectivity index (χ1v) is 7.12. The van der Waals surface area contributed by atoms with Crippen LogP contribution in [-0.4, -0.2) is 51.1 Å². The van der Waals surface area contributed by atoms with E-state index in [-0.39, 0.29) is 6.04 Å². The van der Waals surface area contributed by atoms with Crippen LogP contribution in [0.25, 0.3) is 11.0 Å². The minimum Gasteiger partial charge on any atom is -0.365 e. The van der Waals surface area contributed by atoms with E-state index in [1.54, 1.807) is 4.90 Å². The van der Waals surface area contributed by atoms with Crippen LogP contribution in [0.5, 0.6) is 0 Å². The van der Waals surface area contributed by atoms with Crippen LogP contribution in [0, 0.1) is 0 Å². The van der Waals surface area contributed by atoms with Gasteiger partial charge in [0.05, 0.1) is 5.39 Å². The van der Waals surface area contributed by atoms with Crippen molar-refractivity contribution in [1.29, 1.82) is 0 Å². The van der Waals surface area contributed by atoms with Crippen LogP contribution in [0.15, 0.2) is 18.6 Å². The van der Waals surface area contributed by atoms with Crippen LogP contribution in [0.4, 0.5) is 10.2 Å². The van der Waals surface area contributed by atoms with E-state index in [9.17, 15) is 9.18 Å². The molecule has 1 amide bonds. The van der Waals surface area contributed by atoms with E-state index in [0.29, 0.717) is 13.1 Å². The number of halogens is 1. The van der Waals surface area contributed by atoms with Gasteiger partial charge in [-0.15, -0.1) is 0 Å². The fraction of sp³-hybridized carbons (Fsp3) is 0.500. The van der Waals surface area contributed by atoms with Crippen molar-refractivity contribution in [3.8, 4) is 0 Å². The fourth-order valence-corrected chi connectivity index (χ4v) is 2.73. The molecule has 3 rings (SSSR count). The molecule has 0 radical (unpaired) electrons. The molecule has 21 heavy (non-hydrogen) atoms. The third-order valence-corrected chi connectivity index (χ3v) is 3.77. The van der Waals surface area contributed by atoms with Gasteiger partial charge in [0.2, 0.25) is 0 Å². The van der Waals surface area contributed by atoms with E-state index >= 15 is 0 Å². The van der Waals surface area contributed by atoms with Gasteiger partial charge in [-0.2, -0.15) is 0 Å². The molecule has 0 saturated carbocycles. The highest BCUT2D eigenvalue weighted by molar-refractivity contribution is 5.86. The summed E-state index contributed by atoms with van der Waals surface area (Å²) < 4.78 is 13.2. The first-order valence-electron chi connectivity index (χ1n) is 7.12. The molecular formula is C14H18FN5O. The number of piperidine rings is 1. The van der Waals surface area contributed by atoms with E-state index < -0.39 is 12.1 Å². The number of amides is 1. The molecule has 3 heterocycles. The molecule has 0 aliphatic carbocycles. The summed E-state index contributed by atoms with van der Waals surface area (Å²) in [5.74, 6) is 0.310. The Hall–Kier alpha value is -2.18. The SMILES string of the molecule is CC(F)C(=O)N1CCCC(Nc2ncnc3[nH]ccc23)C1. The number of hydrogen-bond acceptors (Lipinski definition) is 4. The number of rotatable bonds is 3. The number of fused-ring (bicyclic) bond motifs is 1. The molecule has 2 atom stereocenters. The van der Waals surface area contributed by atoms with Crippen LogP contribution < -0.4 is 5.32 Å². The van der Waals surface area contributed by atoms with Crippen molar-refractivity contribution in [2.45, 2.75) is 32.0 Å². The van der Waals surface area contributed by atoms with E-state index in [2.05, 4.69) is 20.3 Å². The maximum atomic E-state index is 13.2. The first kappa shape index (κ1) is 13.8. The highest BCUT2D eigenvalue weighted by Crippen LogP contribution is 2.21. The van der Waals surface area contributed by atoms with Gasteiger partial charge >= 0.3 is 0 Å². The van der Waals surface area contributed by atoms with Gasteiger partial charge < -0.3 is 15.2 Å². The molecule has 112 valence electrons. The standard InChI is InChI=1S/C14H18FN5O/c1-9(15)14(21)20-6-2-3-10(7-20)19-13-11-4-5-16-12(11)17-8-18-13/h4-5,8-10H,2-3,6-7H2,1H3,(H2,16,17,18,19). The molecule has 2 unspecified atom stereocenters. The van der Waals surface area contributed by atoms with Crippen molar-refractivity contribution in [3.05, 3.63) is 18.6 Å². The number of likely N-dealkylation sites (tertiary alicyclic amines) is 1. The number of H-pyrrole nitrogens is 1. The predicted octanol–water partition coefficient (Wildman–Crippen LogP) is 1.72. The number of nitrogens with zero attached hydrogens (tertiary/aromatic N) is 3. The number of alkyl halides is 1. The van der Waals surface area contributed by atoms with Gasteiger partial charge in [0.15, 0.2) is 6.17 Å². The molecule has 1 aliphatic heterocycles. The number of carbonyl (C=O) groups is 1. The Labute approximate surface area is 121 Å². The van der Waals surface area contributed by atoms with Crippen molar-refractivity contribution >= 4 is 22.8 Å². The van der Waals surface area contributed by atoms with Gasteiger partial charge in [0.25, 0.3) is 5.91 Å². The predicted molar refractivity (Wildman–Crippen MR) is 77.7 cm³/mol. The Kier molecular flexibility index (Phi) is 3.72. The topological polar surface area (TPSA) is 73.9 Å². The molecule has 2 aromatic heterocycles. The van der Waals surface area contributed by atoms with Crippen LogP contribution >= 0.6 is 0 Å². The molecule has 1 aliphatic rings. The Morgan fingerprint density at radius 2 is 2.43 bits per heavy atom. The smallest absolute Gasteiger partial charge is 0.256 e. The number of anilines is 1. The third-order valence-electron chi connectivity index (χ3n) is 3.77. The summed E-state index contributed by atoms with van der Waals surface area (Å²) in [6.45, 7) is 2.41. The summed E-state index contributed by atoms with van der Waals surface area (Å²) in [7, 11) is 0. The summed E-state index contributed by atoms with van der Waals surface area (Å²) >= 11 is 0. The fourth-order valence-electron chi connectivity index (χ4n) is 2.73. The van der Waals surface area contributed by atoms with Crippen molar-refractivity contribution in [2.75, 3.05) is 18.4 Å². The zero-order valence-electron chi connectivity index (χ0n) is 11.8. The highest BCUT2D eigenvalue weighted by atomic mass is 19.1. The lowest BCUT2D eigenvalue weighted by molar-refractivity contribution is -0.136. The second-order valence-electron chi connectivity index (χ2n) is 5.35. The quantitative estimate of drug-likeness (QED) is 0.903. The summed E-state index contributed by atoms with van der Waals surface area (Å²) in [6.07, 6.45) is 3.65. The monoisotopic (exact) mass is 291 g/mol. The van der Waals surface area contributed by atoms with Gasteiger partial charge in [0, 0.05) is 25.3 Å². The number of aromatic nitrogens is 3. The highest BCUT2D eigenvalue weighted by Gasteiger charge is 2.27. The van der Waals surface area contributed by atoms with Crippen LogP contribution in [0.2, 0.25) is 0 Å². The number of aromatic amines is 1. The molecule has 2 N–H and O–H groups in total. The Balaban J connectivity index is 1.73. The molecule has 0 spiro atoms. The zero-order valence-corrected chi connectivity index (χ0v) is 11.8. The summed E-state index contributed by atoms with van der Waals surface area (Å²) in [5, 5.41) is 4.26. The van der Waals surface area contributed by atoms with E-state index in [0.717, 1.165) is 29.7 Å². The second kappa shape index (κ2) is 5.67. The van der Waals surface area contributed by atoms with Gasteiger partial charge in [-0.3, -0.25) is 4.79 Å². The van der Waals surface area contributed by atoms with Crippen molar-refractivity contribution < 1.29 is 9.18 Å². The Morgan fingerprint density at radius 3 is 3.24 bits per heavy atom. The first-order chi connectivity index (χ1) is 10.1. The average Bonchev–Trinajstić information content (AvgIpc) is 2.96. The molecule has 7 heteroatoms. The maximum absolute atomic E-state index is 13.2. The molecule has 0 aromatic carbocycles. The summed E-state index contributed by atoms with van der Waals surface area (Å²) in [5.41, 5.74) is 0.772. The molecule has 1 saturated heterocycles. The summed E-state index contributed by atoms with van der Waals surface area (Å²) in [4.78, 5) is 24.8. The van der Waals surface area contributed by atoms with Crippen molar-refractivity contribution in [2.24, 2.45) is 0 Å². The summed E-state index contributed by atoms with van der Waals surface area (Å²) in [6, 6.07) is 1.99. The Bertz CT molecular complexity index is 641. The number of nitrogens with one attached hydrogen (secondary N) is 2. The van der Waals surface area contributed by atoms with Gasteiger partial charge in [-0.1, -0.05) is 0 Å². The lowest BCUT2D eigenvalue weighted by atomic mass is 10.1. The maximum Gasteiger partial charge on any atom is 0.256 e. The minimum absolute atomic E-state index is 0.0782. The molecule has 6 nitrogen and oxygen atoms in total. The zero-order chi connectivity index (χ0) is 14.8. The average molecular weight is 291 g/mol. The minimum atomic E-state index is -1.45. The molecule has 1 fully saturated rings. The van der Waals surface area contributed by atoms with E-state index in [1.807, 2.05) is 12.3 Å². The van der Waals surface area contributed by atoms with E-state index in [4.69, 9.17) is 0 Å². The van der Waals surface area contributed by atoms with Crippen molar-refractivity contribution in [1.82, 2.24) is 19.9 Å². The molecule has 0 bridgehead atoms. The van der Waals surface area contributed by atoms with Crippen LogP contribution in [0.3, 0.4) is 0 Å². The van der Waals surface area contributed by atoms with Crippen molar-refractivity contribution in [3.63, 3.8) is 0 Å². The van der Waals surface area contributed by atoms with Gasteiger partial charge in [-0.25, -0.2) is 14.4 Å². The normalized spacial score (nSPS) is 20.5. The Morgan fingerprint density at radius 1 is 1.57 bits per heavy atom. The van der Waals surface area contributed by atoms with Gasteiger partial charge in [0.1, 0.15) is 17.8 Å². The van der Waals surface area contributed by atoms with Crippen LogP contribution in [-0.2, 0) is 4.79 Å². The molecule has 2 aromatic rings. The largest absolute Gasteiger partial charge is 0.365 e. The number of carbonyl (C=O) groups excluding carboxylic acids is 1. The third kappa shape index (κ3) is 2.81.